The molecule has 0 bridgehead atoms. The number of rotatable bonds is 3. The predicted octanol–water partition coefficient (Wildman–Crippen LogP) is 12.8. The molecule has 4 heterocycles. The molecule has 10 aromatic rings. The summed E-state index contributed by atoms with van der Waals surface area (Å²) in [5, 5.41) is 7.31. The summed E-state index contributed by atoms with van der Waals surface area (Å²) in [5.41, 5.74) is 14.0. The molecule has 4 aromatic heterocycles. The summed E-state index contributed by atoms with van der Waals surface area (Å²) in [5.74, 6) is 0.971. The van der Waals surface area contributed by atoms with Crippen molar-refractivity contribution in [3.8, 4) is 16.8 Å². The van der Waals surface area contributed by atoms with Crippen molar-refractivity contribution in [2.45, 2.75) is 25.3 Å². The summed E-state index contributed by atoms with van der Waals surface area (Å²) in [6.45, 7) is 0. The van der Waals surface area contributed by atoms with Crippen LogP contribution in [0.1, 0.15) is 35.0 Å². The summed E-state index contributed by atoms with van der Waals surface area (Å²) < 4.78 is 17.8. The highest BCUT2D eigenvalue weighted by Crippen LogP contribution is 2.42. The van der Waals surface area contributed by atoms with E-state index in [1.54, 1.807) is 0 Å². The first-order valence-electron chi connectivity index (χ1n) is 18.2. The van der Waals surface area contributed by atoms with Gasteiger partial charge in [0.15, 0.2) is 0 Å². The molecule has 1 atom stereocenters. The van der Waals surface area contributed by atoms with E-state index in [9.17, 15) is 0 Å². The third-order valence-electron chi connectivity index (χ3n) is 11.6. The lowest BCUT2D eigenvalue weighted by Crippen LogP contribution is -2.14. The van der Waals surface area contributed by atoms with Crippen LogP contribution < -0.4 is 0 Å². The normalized spacial score (nSPS) is 15.5. The Labute approximate surface area is 299 Å². The van der Waals surface area contributed by atoms with Crippen molar-refractivity contribution in [3.05, 3.63) is 162 Å². The minimum Gasteiger partial charge on any atom is -0.456 e. The Bertz CT molecular complexity index is 3120. The molecule has 0 amide bonds. The van der Waals surface area contributed by atoms with Crippen LogP contribution >= 0.6 is 0 Å². The van der Waals surface area contributed by atoms with Crippen molar-refractivity contribution in [2.75, 3.05) is 0 Å². The number of para-hydroxylation sites is 3. The standard InChI is InChI=1S/C48H32N2O2/c1-5-13-41-33(9-1)34-10-2-6-14-42(34)49(41)31-19-23-47-39(27-31)37-25-29(17-21-45(37)51-47)30-18-22-46-38(26-30)40-28-32(20-24-48(40)52-46)50-43-15-7-3-11-35(43)36-12-4-8-16-44(36)50/h1-3,5-11,13-27,32H,4,12,28H2. The van der Waals surface area contributed by atoms with Gasteiger partial charge in [-0.3, -0.25) is 0 Å². The van der Waals surface area contributed by atoms with Crippen LogP contribution in [-0.2, 0) is 12.8 Å². The fraction of sp³-hybridized carbons (Fsp3) is 0.0833. The number of allylic oxidation sites excluding steroid dienone is 2. The van der Waals surface area contributed by atoms with Crippen LogP contribution in [0.3, 0.4) is 0 Å². The van der Waals surface area contributed by atoms with E-state index in [0.29, 0.717) is 0 Å². The van der Waals surface area contributed by atoms with E-state index >= 15 is 0 Å². The molecule has 0 radical (unpaired) electrons. The number of aromatic nitrogens is 2. The maximum absolute atomic E-state index is 6.44. The highest BCUT2D eigenvalue weighted by molar-refractivity contribution is 6.11. The lowest BCUT2D eigenvalue weighted by molar-refractivity contribution is 0.565. The second-order valence-electron chi connectivity index (χ2n) is 14.3. The van der Waals surface area contributed by atoms with Crippen LogP contribution in [0.25, 0.3) is 94.6 Å². The average Bonchev–Trinajstić information content (AvgIpc) is 3.94. The molecule has 52 heavy (non-hydrogen) atoms. The SMILES string of the molecule is C1=Cc2c(c3ccccc3n2C2C=Cc3oc4ccc(-c5ccc6oc7ccc(-n8c9ccccc9c9ccccc98)cc7c6c5)cc4c3C2)CC1. The molecule has 4 heteroatoms. The number of hydrogen-bond donors (Lipinski definition) is 0. The summed E-state index contributed by atoms with van der Waals surface area (Å²) >= 11 is 0. The predicted molar refractivity (Wildman–Crippen MR) is 214 cm³/mol. The van der Waals surface area contributed by atoms with Gasteiger partial charge in [-0.15, -0.1) is 0 Å². The Morgan fingerprint density at radius 1 is 0.519 bits per heavy atom. The smallest absolute Gasteiger partial charge is 0.135 e. The van der Waals surface area contributed by atoms with Gasteiger partial charge in [-0.2, -0.15) is 0 Å². The van der Waals surface area contributed by atoms with E-state index in [1.165, 1.54) is 60.5 Å². The third kappa shape index (κ3) is 3.92. The largest absolute Gasteiger partial charge is 0.456 e. The number of hydrogen-bond acceptors (Lipinski definition) is 2. The molecule has 246 valence electrons. The first kappa shape index (κ1) is 28.2. The van der Waals surface area contributed by atoms with Crippen molar-refractivity contribution >= 4 is 77.8 Å². The van der Waals surface area contributed by atoms with Crippen molar-refractivity contribution in [1.29, 1.82) is 0 Å². The zero-order valence-electron chi connectivity index (χ0n) is 28.3. The van der Waals surface area contributed by atoms with E-state index in [2.05, 4.69) is 161 Å². The van der Waals surface area contributed by atoms with E-state index < -0.39 is 0 Å². The van der Waals surface area contributed by atoms with Crippen molar-refractivity contribution in [3.63, 3.8) is 0 Å². The number of nitrogens with zero attached hydrogens (tertiary/aromatic N) is 2. The molecule has 0 fully saturated rings. The monoisotopic (exact) mass is 668 g/mol. The maximum atomic E-state index is 6.44. The zero-order valence-corrected chi connectivity index (χ0v) is 28.3. The quantitative estimate of drug-likeness (QED) is 0.188. The average molecular weight is 669 g/mol. The third-order valence-corrected chi connectivity index (χ3v) is 11.6. The van der Waals surface area contributed by atoms with Gasteiger partial charge >= 0.3 is 0 Å². The van der Waals surface area contributed by atoms with Gasteiger partial charge in [-0.05, 0) is 102 Å². The minimum absolute atomic E-state index is 0.214. The molecule has 0 saturated carbocycles. The molecule has 0 saturated heterocycles. The zero-order chi connectivity index (χ0) is 33.9. The van der Waals surface area contributed by atoms with Crippen LogP contribution in [0.15, 0.2) is 148 Å². The van der Waals surface area contributed by atoms with E-state index in [1.807, 2.05) is 0 Å². The Kier molecular flexibility index (Phi) is 5.70. The first-order valence-corrected chi connectivity index (χ1v) is 18.2. The van der Waals surface area contributed by atoms with Gasteiger partial charge in [-0.1, -0.05) is 78.9 Å². The van der Waals surface area contributed by atoms with Crippen molar-refractivity contribution in [2.24, 2.45) is 0 Å². The van der Waals surface area contributed by atoms with Gasteiger partial charge in [0.1, 0.15) is 22.5 Å². The Morgan fingerprint density at radius 2 is 1.15 bits per heavy atom. The molecule has 4 nitrogen and oxygen atoms in total. The van der Waals surface area contributed by atoms with Gasteiger partial charge in [0.25, 0.3) is 0 Å². The molecule has 2 aliphatic carbocycles. The Morgan fingerprint density at radius 3 is 1.92 bits per heavy atom. The van der Waals surface area contributed by atoms with Gasteiger partial charge in [0.2, 0.25) is 0 Å². The van der Waals surface area contributed by atoms with Gasteiger partial charge in [0.05, 0.1) is 17.1 Å². The van der Waals surface area contributed by atoms with Gasteiger partial charge in [-0.25, -0.2) is 0 Å². The van der Waals surface area contributed by atoms with Crippen molar-refractivity contribution in [1.82, 2.24) is 9.13 Å². The molecular weight excluding hydrogens is 637 g/mol. The molecule has 12 rings (SSSR count). The molecular formula is C48H32N2O2. The lowest BCUT2D eigenvalue weighted by atomic mass is 9.94. The summed E-state index contributed by atoms with van der Waals surface area (Å²) in [4.78, 5) is 0. The molecule has 0 spiro atoms. The Hall–Kier alpha value is -6.52. The van der Waals surface area contributed by atoms with Crippen LogP contribution in [0.4, 0.5) is 0 Å². The topological polar surface area (TPSA) is 36.1 Å². The summed E-state index contributed by atoms with van der Waals surface area (Å²) in [7, 11) is 0. The van der Waals surface area contributed by atoms with E-state index in [4.69, 9.17) is 8.83 Å². The Balaban J connectivity index is 0.966. The van der Waals surface area contributed by atoms with Crippen LogP contribution in [0.5, 0.6) is 0 Å². The number of fused-ring (bicyclic) bond motifs is 12. The van der Waals surface area contributed by atoms with Crippen LogP contribution in [0.2, 0.25) is 0 Å². The first-order chi connectivity index (χ1) is 25.8. The molecule has 6 aromatic carbocycles. The van der Waals surface area contributed by atoms with Gasteiger partial charge in [0, 0.05) is 61.2 Å². The number of aryl methyl sites for hydroxylation is 1. The lowest BCUT2D eigenvalue weighted by Gasteiger charge is -2.22. The van der Waals surface area contributed by atoms with E-state index in [0.717, 1.165) is 63.8 Å². The molecule has 1 unspecified atom stereocenters. The van der Waals surface area contributed by atoms with Crippen LogP contribution in [-0.4, -0.2) is 9.13 Å². The highest BCUT2D eigenvalue weighted by Gasteiger charge is 2.27. The van der Waals surface area contributed by atoms with Crippen LogP contribution in [0, 0.1) is 0 Å². The highest BCUT2D eigenvalue weighted by atomic mass is 16.3. The molecule has 2 aliphatic rings. The summed E-state index contributed by atoms with van der Waals surface area (Å²) in [6, 6.07) is 46.2. The fourth-order valence-corrected chi connectivity index (χ4v) is 9.21. The summed E-state index contributed by atoms with van der Waals surface area (Å²) in [6.07, 6.45) is 12.2. The van der Waals surface area contributed by atoms with E-state index in [-0.39, 0.29) is 6.04 Å². The molecule has 0 N–H and O–H groups in total. The second kappa shape index (κ2) is 10.5. The number of benzene rings is 6. The fourth-order valence-electron chi connectivity index (χ4n) is 9.21. The maximum Gasteiger partial charge on any atom is 0.135 e. The van der Waals surface area contributed by atoms with Gasteiger partial charge < -0.3 is 18.0 Å². The molecule has 0 aliphatic heterocycles. The second-order valence-corrected chi connectivity index (χ2v) is 14.3. The van der Waals surface area contributed by atoms with Crippen molar-refractivity contribution < 1.29 is 8.83 Å². The minimum atomic E-state index is 0.214. The number of furan rings is 2.